The molecular formula is C15H22N2O3. The average molecular weight is 278 g/mol. The Morgan fingerprint density at radius 1 is 1.40 bits per heavy atom. The molecule has 110 valence electrons. The number of methoxy groups -OCH3 is 2. The van der Waals surface area contributed by atoms with Gasteiger partial charge in [-0.15, -0.1) is 0 Å². The van der Waals surface area contributed by atoms with E-state index in [9.17, 15) is 4.79 Å². The van der Waals surface area contributed by atoms with E-state index in [4.69, 9.17) is 15.2 Å². The summed E-state index contributed by atoms with van der Waals surface area (Å²) in [5, 5.41) is 0. The highest BCUT2D eigenvalue weighted by atomic mass is 16.5. The number of hydrogen-bond acceptors (Lipinski definition) is 4. The van der Waals surface area contributed by atoms with E-state index in [0.29, 0.717) is 18.8 Å². The summed E-state index contributed by atoms with van der Waals surface area (Å²) in [5.74, 6) is 1.63. The Morgan fingerprint density at radius 2 is 2.15 bits per heavy atom. The molecule has 1 heterocycles. The van der Waals surface area contributed by atoms with Crippen molar-refractivity contribution in [2.24, 2.45) is 5.73 Å². The standard InChI is InChI=1S/C15H22N2O3/c1-10(18)17-6-4-5-11(9-16)13-7-12(19-2)8-14(20-3)15(13)17/h7-8,11H,4-6,9,16H2,1-3H3. The van der Waals surface area contributed by atoms with Crippen LogP contribution in [0.4, 0.5) is 5.69 Å². The number of hydrogen-bond donors (Lipinski definition) is 1. The van der Waals surface area contributed by atoms with E-state index in [1.165, 1.54) is 0 Å². The van der Waals surface area contributed by atoms with Gasteiger partial charge in [-0.2, -0.15) is 0 Å². The number of ether oxygens (including phenoxy) is 2. The largest absolute Gasteiger partial charge is 0.497 e. The normalized spacial score (nSPS) is 18.2. The van der Waals surface area contributed by atoms with Crippen LogP contribution in [0.1, 0.15) is 31.2 Å². The lowest BCUT2D eigenvalue weighted by Crippen LogP contribution is -2.29. The first-order chi connectivity index (χ1) is 9.62. The third-order valence-corrected chi connectivity index (χ3v) is 3.84. The fourth-order valence-corrected chi connectivity index (χ4v) is 2.80. The number of fused-ring (bicyclic) bond motifs is 1. The first-order valence-electron chi connectivity index (χ1n) is 6.86. The van der Waals surface area contributed by atoms with Crippen LogP contribution in [-0.4, -0.2) is 33.2 Å². The highest BCUT2D eigenvalue weighted by Crippen LogP contribution is 2.43. The van der Waals surface area contributed by atoms with Crippen molar-refractivity contribution in [1.82, 2.24) is 0 Å². The summed E-state index contributed by atoms with van der Waals surface area (Å²) in [6.45, 7) is 2.83. The molecule has 1 amide bonds. The van der Waals surface area contributed by atoms with Crippen molar-refractivity contribution in [1.29, 1.82) is 0 Å². The molecule has 1 unspecified atom stereocenters. The number of benzene rings is 1. The molecule has 2 N–H and O–H groups in total. The molecule has 0 aromatic heterocycles. The molecule has 0 saturated carbocycles. The quantitative estimate of drug-likeness (QED) is 0.917. The fourth-order valence-electron chi connectivity index (χ4n) is 2.80. The van der Waals surface area contributed by atoms with E-state index in [-0.39, 0.29) is 11.8 Å². The van der Waals surface area contributed by atoms with Gasteiger partial charge in [0, 0.05) is 19.5 Å². The zero-order valence-corrected chi connectivity index (χ0v) is 12.3. The maximum atomic E-state index is 11.9. The molecule has 20 heavy (non-hydrogen) atoms. The Bertz CT molecular complexity index is 502. The van der Waals surface area contributed by atoms with Gasteiger partial charge in [0.05, 0.1) is 19.9 Å². The van der Waals surface area contributed by atoms with Crippen LogP contribution in [0.2, 0.25) is 0 Å². The Balaban J connectivity index is 2.65. The highest BCUT2D eigenvalue weighted by Gasteiger charge is 2.28. The SMILES string of the molecule is COc1cc(OC)c2c(c1)C(CN)CCCN2C(C)=O. The number of carbonyl (C=O) groups is 1. The summed E-state index contributed by atoms with van der Waals surface area (Å²) in [5.41, 5.74) is 7.79. The van der Waals surface area contributed by atoms with E-state index in [1.807, 2.05) is 12.1 Å². The van der Waals surface area contributed by atoms with E-state index in [2.05, 4.69) is 0 Å². The number of nitrogens with zero attached hydrogens (tertiary/aromatic N) is 1. The van der Waals surface area contributed by atoms with Crippen molar-refractivity contribution in [3.63, 3.8) is 0 Å². The monoisotopic (exact) mass is 278 g/mol. The van der Waals surface area contributed by atoms with E-state index >= 15 is 0 Å². The molecule has 1 aliphatic rings. The highest BCUT2D eigenvalue weighted by molar-refractivity contribution is 5.94. The van der Waals surface area contributed by atoms with Crippen molar-refractivity contribution >= 4 is 11.6 Å². The topological polar surface area (TPSA) is 64.8 Å². The fraction of sp³-hybridized carbons (Fsp3) is 0.533. The Morgan fingerprint density at radius 3 is 2.70 bits per heavy atom. The number of amides is 1. The minimum absolute atomic E-state index is 0.0207. The lowest BCUT2D eigenvalue weighted by Gasteiger charge is -2.25. The summed E-state index contributed by atoms with van der Waals surface area (Å²) >= 11 is 0. The number of rotatable bonds is 3. The predicted octanol–water partition coefficient (Wildman–Crippen LogP) is 1.89. The summed E-state index contributed by atoms with van der Waals surface area (Å²) in [4.78, 5) is 13.7. The summed E-state index contributed by atoms with van der Waals surface area (Å²) in [7, 11) is 3.23. The molecule has 2 rings (SSSR count). The maximum Gasteiger partial charge on any atom is 0.223 e. The van der Waals surface area contributed by atoms with Gasteiger partial charge in [-0.3, -0.25) is 4.79 Å². The van der Waals surface area contributed by atoms with Crippen LogP contribution in [0.3, 0.4) is 0 Å². The molecular weight excluding hydrogens is 256 g/mol. The Hall–Kier alpha value is -1.75. The number of nitrogens with two attached hydrogens (primary N) is 1. The van der Waals surface area contributed by atoms with Gasteiger partial charge < -0.3 is 20.1 Å². The minimum Gasteiger partial charge on any atom is -0.497 e. The van der Waals surface area contributed by atoms with Crippen molar-refractivity contribution in [2.75, 3.05) is 32.2 Å². The molecule has 0 saturated heterocycles. The molecule has 5 nitrogen and oxygen atoms in total. The number of carbonyl (C=O) groups excluding carboxylic acids is 1. The maximum absolute atomic E-state index is 11.9. The summed E-state index contributed by atoms with van der Waals surface area (Å²) in [6, 6.07) is 3.78. The third kappa shape index (κ3) is 2.58. The van der Waals surface area contributed by atoms with Crippen molar-refractivity contribution in [3.05, 3.63) is 17.7 Å². The van der Waals surface area contributed by atoms with E-state index in [1.54, 1.807) is 26.0 Å². The molecule has 0 aliphatic carbocycles. The van der Waals surface area contributed by atoms with Crippen molar-refractivity contribution < 1.29 is 14.3 Å². The van der Waals surface area contributed by atoms with Gasteiger partial charge in [0.25, 0.3) is 0 Å². The third-order valence-electron chi connectivity index (χ3n) is 3.84. The molecule has 1 aromatic rings. The van der Waals surface area contributed by atoms with Gasteiger partial charge in [-0.1, -0.05) is 0 Å². The Labute approximate surface area is 119 Å². The minimum atomic E-state index is 0.0207. The van der Waals surface area contributed by atoms with Crippen LogP contribution >= 0.6 is 0 Å². The van der Waals surface area contributed by atoms with Gasteiger partial charge in [0.15, 0.2) is 0 Å². The first-order valence-corrected chi connectivity index (χ1v) is 6.86. The predicted molar refractivity (Wildman–Crippen MR) is 78.6 cm³/mol. The van der Waals surface area contributed by atoms with E-state index in [0.717, 1.165) is 29.8 Å². The second kappa shape index (κ2) is 6.13. The molecule has 0 fully saturated rings. The molecule has 5 heteroatoms. The second-order valence-corrected chi connectivity index (χ2v) is 5.01. The van der Waals surface area contributed by atoms with Crippen molar-refractivity contribution in [3.8, 4) is 11.5 Å². The lowest BCUT2D eigenvalue weighted by molar-refractivity contribution is -0.116. The van der Waals surface area contributed by atoms with Gasteiger partial charge in [0.2, 0.25) is 5.91 Å². The summed E-state index contributed by atoms with van der Waals surface area (Å²) in [6.07, 6.45) is 1.89. The lowest BCUT2D eigenvalue weighted by atomic mass is 9.93. The average Bonchev–Trinajstić information content (AvgIpc) is 2.65. The van der Waals surface area contributed by atoms with Crippen molar-refractivity contribution in [2.45, 2.75) is 25.7 Å². The molecule has 0 radical (unpaired) electrons. The number of anilines is 1. The van der Waals surface area contributed by atoms with Crippen LogP contribution in [-0.2, 0) is 4.79 Å². The van der Waals surface area contributed by atoms with Crippen LogP contribution in [0.25, 0.3) is 0 Å². The molecule has 1 atom stereocenters. The van der Waals surface area contributed by atoms with Crippen LogP contribution in [0, 0.1) is 0 Å². The molecule has 0 spiro atoms. The van der Waals surface area contributed by atoms with Crippen LogP contribution < -0.4 is 20.1 Å². The van der Waals surface area contributed by atoms with Gasteiger partial charge in [-0.05, 0) is 36.9 Å². The summed E-state index contributed by atoms with van der Waals surface area (Å²) < 4.78 is 10.8. The van der Waals surface area contributed by atoms with Crippen LogP contribution in [0.15, 0.2) is 12.1 Å². The Kier molecular flexibility index (Phi) is 4.49. The van der Waals surface area contributed by atoms with Gasteiger partial charge >= 0.3 is 0 Å². The zero-order valence-electron chi connectivity index (χ0n) is 12.3. The second-order valence-electron chi connectivity index (χ2n) is 5.01. The molecule has 1 aromatic carbocycles. The zero-order chi connectivity index (χ0) is 14.7. The molecule has 0 bridgehead atoms. The van der Waals surface area contributed by atoms with E-state index < -0.39 is 0 Å². The van der Waals surface area contributed by atoms with Gasteiger partial charge in [-0.25, -0.2) is 0 Å². The smallest absolute Gasteiger partial charge is 0.223 e. The molecule has 1 aliphatic heterocycles. The first kappa shape index (κ1) is 14.7. The van der Waals surface area contributed by atoms with Gasteiger partial charge in [0.1, 0.15) is 11.5 Å². The van der Waals surface area contributed by atoms with Crippen LogP contribution in [0.5, 0.6) is 11.5 Å².